The third-order valence-corrected chi connectivity index (χ3v) is 2.15. The van der Waals surface area contributed by atoms with E-state index < -0.39 is 0 Å². The zero-order chi connectivity index (χ0) is 12.2. The first-order chi connectivity index (χ1) is 7.38. The molecule has 2 nitrogen and oxygen atoms in total. The minimum atomic E-state index is -0.218. The van der Waals surface area contributed by atoms with E-state index >= 15 is 0 Å². The lowest BCUT2D eigenvalue weighted by Crippen LogP contribution is -2.23. The van der Waals surface area contributed by atoms with Crippen LogP contribution < -0.4 is 5.32 Å². The van der Waals surface area contributed by atoms with Gasteiger partial charge in [0.15, 0.2) is 0 Å². The molecule has 0 aromatic heterocycles. The Labute approximate surface area is 96.8 Å². The molecule has 0 fully saturated rings. The summed E-state index contributed by atoms with van der Waals surface area (Å²) in [7, 11) is 0. The Bertz CT molecular complexity index is 344. The van der Waals surface area contributed by atoms with Crippen LogP contribution in [0, 0.1) is 12.7 Å². The fourth-order valence-electron chi connectivity index (χ4n) is 1.33. The Morgan fingerprint density at radius 2 is 2.00 bits per heavy atom. The van der Waals surface area contributed by atoms with Crippen LogP contribution in [0.4, 0.5) is 10.1 Å². The Kier molecular flexibility index (Phi) is 4.30. The Hall–Kier alpha value is -1.09. The van der Waals surface area contributed by atoms with Crippen LogP contribution in [0.2, 0.25) is 0 Å². The van der Waals surface area contributed by atoms with Gasteiger partial charge in [0.1, 0.15) is 5.82 Å². The SMILES string of the molecule is Cc1ccc(F)cc1NCCOC(C)(C)C. The summed E-state index contributed by atoms with van der Waals surface area (Å²) in [5.41, 5.74) is 1.74. The summed E-state index contributed by atoms with van der Waals surface area (Å²) in [6.07, 6.45) is 0. The van der Waals surface area contributed by atoms with Crippen molar-refractivity contribution in [3.05, 3.63) is 29.6 Å². The molecule has 0 atom stereocenters. The Morgan fingerprint density at radius 3 is 2.62 bits per heavy atom. The number of anilines is 1. The summed E-state index contributed by atoms with van der Waals surface area (Å²) in [4.78, 5) is 0. The van der Waals surface area contributed by atoms with Gasteiger partial charge in [0, 0.05) is 12.2 Å². The normalized spacial score (nSPS) is 11.6. The van der Waals surface area contributed by atoms with Crippen molar-refractivity contribution in [3.63, 3.8) is 0 Å². The average molecular weight is 225 g/mol. The van der Waals surface area contributed by atoms with E-state index in [4.69, 9.17) is 4.74 Å². The van der Waals surface area contributed by atoms with Crippen molar-refractivity contribution in [3.8, 4) is 0 Å². The van der Waals surface area contributed by atoms with Crippen LogP contribution >= 0.6 is 0 Å². The lowest BCUT2D eigenvalue weighted by Gasteiger charge is -2.20. The molecule has 0 heterocycles. The Morgan fingerprint density at radius 1 is 1.31 bits per heavy atom. The number of hydrogen-bond donors (Lipinski definition) is 1. The molecule has 1 aromatic rings. The molecule has 0 unspecified atom stereocenters. The largest absolute Gasteiger partial charge is 0.382 e. The number of benzene rings is 1. The fraction of sp³-hybridized carbons (Fsp3) is 0.538. The number of nitrogens with one attached hydrogen (secondary N) is 1. The third kappa shape index (κ3) is 4.62. The van der Waals surface area contributed by atoms with Gasteiger partial charge in [-0.05, 0) is 45.4 Å². The minimum Gasteiger partial charge on any atom is -0.382 e. The first-order valence-corrected chi connectivity index (χ1v) is 5.52. The molecule has 1 rings (SSSR count). The fourth-order valence-corrected chi connectivity index (χ4v) is 1.33. The molecule has 1 aromatic carbocycles. The maximum atomic E-state index is 13.0. The van der Waals surface area contributed by atoms with E-state index in [-0.39, 0.29) is 11.4 Å². The molecule has 0 aliphatic heterocycles. The molecule has 90 valence electrons. The molecule has 3 heteroatoms. The molecule has 0 bridgehead atoms. The lowest BCUT2D eigenvalue weighted by molar-refractivity contribution is 0.00333. The van der Waals surface area contributed by atoms with Crippen molar-refractivity contribution in [2.24, 2.45) is 0 Å². The zero-order valence-corrected chi connectivity index (χ0v) is 10.4. The van der Waals surface area contributed by atoms with Gasteiger partial charge in [-0.2, -0.15) is 0 Å². The Balaban J connectivity index is 2.40. The van der Waals surface area contributed by atoms with Crippen LogP contribution in [0.5, 0.6) is 0 Å². The standard InChI is InChI=1S/C13H20FNO/c1-10-5-6-11(14)9-12(10)15-7-8-16-13(2,3)4/h5-6,9,15H,7-8H2,1-4H3. The van der Waals surface area contributed by atoms with Gasteiger partial charge in [-0.3, -0.25) is 0 Å². The number of aryl methyl sites for hydroxylation is 1. The second-order valence-electron chi connectivity index (χ2n) is 4.85. The average Bonchev–Trinajstić information content (AvgIpc) is 2.16. The molecule has 0 spiro atoms. The highest BCUT2D eigenvalue weighted by Crippen LogP contribution is 2.15. The molecule has 0 aliphatic carbocycles. The van der Waals surface area contributed by atoms with Gasteiger partial charge in [-0.1, -0.05) is 6.07 Å². The van der Waals surface area contributed by atoms with Crippen molar-refractivity contribution in [2.45, 2.75) is 33.3 Å². The zero-order valence-electron chi connectivity index (χ0n) is 10.4. The first-order valence-electron chi connectivity index (χ1n) is 5.52. The van der Waals surface area contributed by atoms with Crippen LogP contribution in [0.1, 0.15) is 26.3 Å². The topological polar surface area (TPSA) is 21.3 Å². The predicted octanol–water partition coefficient (Wildman–Crippen LogP) is 3.36. The predicted molar refractivity (Wildman–Crippen MR) is 65.3 cm³/mol. The number of rotatable bonds is 4. The van der Waals surface area contributed by atoms with E-state index in [0.29, 0.717) is 13.2 Å². The summed E-state index contributed by atoms with van der Waals surface area (Å²) >= 11 is 0. The van der Waals surface area contributed by atoms with Gasteiger partial charge in [0.2, 0.25) is 0 Å². The maximum Gasteiger partial charge on any atom is 0.125 e. The van der Waals surface area contributed by atoms with E-state index in [1.807, 2.05) is 27.7 Å². The molecule has 0 amide bonds. The van der Waals surface area contributed by atoms with Crippen LogP contribution in [0.25, 0.3) is 0 Å². The molecule has 0 saturated heterocycles. The second kappa shape index (κ2) is 5.30. The van der Waals surface area contributed by atoms with Crippen LogP contribution in [0.3, 0.4) is 0 Å². The van der Waals surface area contributed by atoms with Crippen LogP contribution in [-0.2, 0) is 4.74 Å². The molecule has 0 saturated carbocycles. The van der Waals surface area contributed by atoms with E-state index in [1.54, 1.807) is 6.07 Å². The van der Waals surface area contributed by atoms with E-state index in [2.05, 4.69) is 5.32 Å². The monoisotopic (exact) mass is 225 g/mol. The summed E-state index contributed by atoms with van der Waals surface area (Å²) in [6, 6.07) is 4.74. The van der Waals surface area contributed by atoms with E-state index in [1.165, 1.54) is 12.1 Å². The lowest BCUT2D eigenvalue weighted by atomic mass is 10.2. The number of ether oxygens (including phenoxy) is 1. The van der Waals surface area contributed by atoms with Crippen molar-refractivity contribution in [1.29, 1.82) is 0 Å². The van der Waals surface area contributed by atoms with Gasteiger partial charge < -0.3 is 10.1 Å². The summed E-state index contributed by atoms with van der Waals surface area (Å²) < 4.78 is 18.5. The number of hydrogen-bond acceptors (Lipinski definition) is 2. The van der Waals surface area contributed by atoms with Crippen molar-refractivity contribution >= 4 is 5.69 Å². The highest BCUT2D eigenvalue weighted by molar-refractivity contribution is 5.50. The summed E-state index contributed by atoms with van der Waals surface area (Å²) in [5, 5.41) is 3.16. The molecular formula is C13H20FNO. The molecule has 1 N–H and O–H groups in total. The molecule has 16 heavy (non-hydrogen) atoms. The van der Waals surface area contributed by atoms with Crippen molar-refractivity contribution < 1.29 is 9.13 Å². The summed E-state index contributed by atoms with van der Waals surface area (Å²) in [5.74, 6) is -0.218. The third-order valence-electron chi connectivity index (χ3n) is 2.15. The highest BCUT2D eigenvalue weighted by Gasteiger charge is 2.09. The number of halogens is 1. The summed E-state index contributed by atoms with van der Waals surface area (Å²) in [6.45, 7) is 9.29. The minimum absolute atomic E-state index is 0.126. The molecule has 0 aliphatic rings. The quantitative estimate of drug-likeness (QED) is 0.793. The van der Waals surface area contributed by atoms with Gasteiger partial charge in [0.05, 0.1) is 12.2 Å². The molecule has 0 radical (unpaired) electrons. The van der Waals surface area contributed by atoms with E-state index in [0.717, 1.165) is 11.3 Å². The van der Waals surface area contributed by atoms with Crippen LogP contribution in [-0.4, -0.2) is 18.8 Å². The van der Waals surface area contributed by atoms with Gasteiger partial charge in [0.25, 0.3) is 0 Å². The highest BCUT2D eigenvalue weighted by atomic mass is 19.1. The van der Waals surface area contributed by atoms with Gasteiger partial charge >= 0.3 is 0 Å². The maximum absolute atomic E-state index is 13.0. The first kappa shape index (κ1) is 13.0. The van der Waals surface area contributed by atoms with Gasteiger partial charge in [-0.25, -0.2) is 4.39 Å². The molecular weight excluding hydrogens is 205 g/mol. The van der Waals surface area contributed by atoms with Gasteiger partial charge in [-0.15, -0.1) is 0 Å². The van der Waals surface area contributed by atoms with Crippen LogP contribution in [0.15, 0.2) is 18.2 Å². The van der Waals surface area contributed by atoms with E-state index in [9.17, 15) is 4.39 Å². The van der Waals surface area contributed by atoms with Crippen molar-refractivity contribution in [2.75, 3.05) is 18.5 Å². The van der Waals surface area contributed by atoms with Crippen molar-refractivity contribution in [1.82, 2.24) is 0 Å². The second-order valence-corrected chi connectivity index (χ2v) is 4.85. The smallest absolute Gasteiger partial charge is 0.125 e.